The molecule has 0 spiro atoms. The van der Waals surface area contributed by atoms with E-state index in [4.69, 9.17) is 16.3 Å². The second kappa shape index (κ2) is 6.40. The summed E-state index contributed by atoms with van der Waals surface area (Å²) in [6, 6.07) is 11.6. The second-order valence-electron chi connectivity index (χ2n) is 4.56. The van der Waals surface area contributed by atoms with Gasteiger partial charge in [-0.1, -0.05) is 26.0 Å². The minimum Gasteiger partial charge on any atom is -0.438 e. The summed E-state index contributed by atoms with van der Waals surface area (Å²) in [6.07, 6.45) is 0. The van der Waals surface area contributed by atoms with Crippen molar-refractivity contribution in [2.45, 2.75) is 25.6 Å². The Balaban J connectivity index is 2.34. The molecule has 0 aliphatic carbocycles. The first kappa shape index (κ1) is 14.4. The van der Waals surface area contributed by atoms with Crippen LogP contribution in [0.1, 0.15) is 31.0 Å². The Morgan fingerprint density at radius 2 is 2.00 bits per heavy atom. The van der Waals surface area contributed by atoms with Crippen LogP contribution >= 0.6 is 27.5 Å². The molecule has 0 amide bonds. The van der Waals surface area contributed by atoms with Crippen molar-refractivity contribution in [1.29, 1.82) is 0 Å². The lowest BCUT2D eigenvalue weighted by Gasteiger charge is -2.11. The molecule has 0 atom stereocenters. The van der Waals surface area contributed by atoms with Gasteiger partial charge in [0, 0.05) is 17.6 Å². The van der Waals surface area contributed by atoms with E-state index in [1.807, 2.05) is 36.4 Å². The highest BCUT2D eigenvalue weighted by Gasteiger charge is 2.09. The highest BCUT2D eigenvalue weighted by molar-refractivity contribution is 9.10. The van der Waals surface area contributed by atoms with E-state index in [9.17, 15) is 0 Å². The first-order valence-electron chi connectivity index (χ1n) is 6.09. The van der Waals surface area contributed by atoms with Crippen LogP contribution in [0.3, 0.4) is 0 Å². The summed E-state index contributed by atoms with van der Waals surface area (Å²) < 4.78 is 6.73. The Labute approximate surface area is 126 Å². The lowest BCUT2D eigenvalue weighted by atomic mass is 10.1. The summed E-state index contributed by atoms with van der Waals surface area (Å²) >= 11 is 9.38. The van der Waals surface area contributed by atoms with Gasteiger partial charge < -0.3 is 4.74 Å². The average Bonchev–Trinajstić information content (AvgIpc) is 2.41. The molecule has 0 bridgehead atoms. The molecule has 19 heavy (non-hydrogen) atoms. The van der Waals surface area contributed by atoms with Crippen molar-refractivity contribution in [3.63, 3.8) is 0 Å². The number of pyridine rings is 1. The van der Waals surface area contributed by atoms with Gasteiger partial charge in [0.2, 0.25) is 5.88 Å². The van der Waals surface area contributed by atoms with Gasteiger partial charge >= 0.3 is 0 Å². The number of rotatable bonds is 4. The van der Waals surface area contributed by atoms with E-state index in [0.717, 1.165) is 21.5 Å². The first-order valence-corrected chi connectivity index (χ1v) is 7.42. The number of ether oxygens (including phenoxy) is 1. The molecule has 0 aliphatic heterocycles. The molecule has 0 N–H and O–H groups in total. The van der Waals surface area contributed by atoms with Crippen LogP contribution in [0.15, 0.2) is 40.9 Å². The summed E-state index contributed by atoms with van der Waals surface area (Å²) in [5, 5.41) is 0. The van der Waals surface area contributed by atoms with E-state index in [-0.39, 0.29) is 0 Å². The quantitative estimate of drug-likeness (QED) is 0.686. The SMILES string of the molecule is CC(C)c1cc(CCl)cc(Oc2ccccc2Br)n1. The molecule has 0 fully saturated rings. The normalized spacial score (nSPS) is 10.8. The van der Waals surface area contributed by atoms with Gasteiger partial charge in [0.15, 0.2) is 0 Å². The molecule has 0 saturated carbocycles. The zero-order valence-corrected chi connectivity index (χ0v) is 13.2. The molecular formula is C15H15BrClNO. The summed E-state index contributed by atoms with van der Waals surface area (Å²) in [4.78, 5) is 4.52. The minimum atomic E-state index is 0.338. The van der Waals surface area contributed by atoms with Crippen molar-refractivity contribution in [3.05, 3.63) is 52.1 Å². The van der Waals surface area contributed by atoms with Gasteiger partial charge in [-0.05, 0) is 45.6 Å². The van der Waals surface area contributed by atoms with Gasteiger partial charge in [-0.2, -0.15) is 0 Å². The maximum atomic E-state index is 5.92. The second-order valence-corrected chi connectivity index (χ2v) is 5.68. The number of hydrogen-bond acceptors (Lipinski definition) is 2. The fraction of sp³-hybridized carbons (Fsp3) is 0.267. The first-order chi connectivity index (χ1) is 9.10. The maximum Gasteiger partial charge on any atom is 0.219 e. The number of nitrogens with zero attached hydrogens (tertiary/aromatic N) is 1. The highest BCUT2D eigenvalue weighted by atomic mass is 79.9. The Bertz CT molecular complexity index is 572. The van der Waals surface area contributed by atoms with Crippen molar-refractivity contribution < 1.29 is 4.74 Å². The van der Waals surface area contributed by atoms with Crippen molar-refractivity contribution in [2.75, 3.05) is 0 Å². The van der Waals surface area contributed by atoms with E-state index < -0.39 is 0 Å². The number of para-hydroxylation sites is 1. The summed E-state index contributed by atoms with van der Waals surface area (Å²) in [5.41, 5.74) is 2.00. The van der Waals surface area contributed by atoms with Crippen LogP contribution in [0.2, 0.25) is 0 Å². The molecule has 2 rings (SSSR count). The molecule has 0 unspecified atom stereocenters. The van der Waals surface area contributed by atoms with E-state index in [1.165, 1.54) is 0 Å². The number of benzene rings is 1. The van der Waals surface area contributed by atoms with Crippen LogP contribution in [-0.4, -0.2) is 4.98 Å². The van der Waals surface area contributed by atoms with Crippen molar-refractivity contribution in [2.24, 2.45) is 0 Å². The molecule has 4 heteroatoms. The lowest BCUT2D eigenvalue weighted by Crippen LogP contribution is -1.98. The third kappa shape index (κ3) is 3.71. The van der Waals surface area contributed by atoms with E-state index in [2.05, 4.69) is 34.8 Å². The number of aromatic nitrogens is 1. The predicted molar refractivity (Wildman–Crippen MR) is 82.1 cm³/mol. The van der Waals surface area contributed by atoms with Gasteiger partial charge in [0.05, 0.1) is 4.47 Å². The predicted octanol–water partition coefficient (Wildman–Crippen LogP) is 5.50. The summed E-state index contributed by atoms with van der Waals surface area (Å²) in [6.45, 7) is 4.20. The Hall–Kier alpha value is -1.06. The van der Waals surface area contributed by atoms with Crippen LogP contribution in [0.5, 0.6) is 11.6 Å². The number of hydrogen-bond donors (Lipinski definition) is 0. The third-order valence-electron chi connectivity index (χ3n) is 2.68. The Morgan fingerprint density at radius 3 is 2.63 bits per heavy atom. The number of halogens is 2. The lowest BCUT2D eigenvalue weighted by molar-refractivity contribution is 0.456. The molecule has 2 aromatic rings. The van der Waals surface area contributed by atoms with Gasteiger partial charge in [0.1, 0.15) is 5.75 Å². The van der Waals surface area contributed by atoms with Crippen LogP contribution in [0.25, 0.3) is 0 Å². The molecule has 1 aromatic carbocycles. The van der Waals surface area contributed by atoms with E-state index in [1.54, 1.807) is 0 Å². The zero-order valence-electron chi connectivity index (χ0n) is 10.9. The zero-order chi connectivity index (χ0) is 13.8. The summed E-state index contributed by atoms with van der Waals surface area (Å²) in [5.74, 6) is 2.11. The van der Waals surface area contributed by atoms with Crippen molar-refractivity contribution in [3.8, 4) is 11.6 Å². The Kier molecular flexibility index (Phi) is 4.83. The molecule has 100 valence electrons. The van der Waals surface area contributed by atoms with Crippen molar-refractivity contribution in [1.82, 2.24) is 4.98 Å². The maximum absolute atomic E-state index is 5.92. The topological polar surface area (TPSA) is 22.1 Å². The fourth-order valence-corrected chi connectivity index (χ4v) is 2.17. The molecule has 1 aromatic heterocycles. The van der Waals surface area contributed by atoms with Crippen LogP contribution in [0.4, 0.5) is 0 Å². The van der Waals surface area contributed by atoms with Crippen molar-refractivity contribution >= 4 is 27.5 Å². The molecule has 2 nitrogen and oxygen atoms in total. The van der Waals surface area contributed by atoms with Gasteiger partial charge in [-0.15, -0.1) is 11.6 Å². The largest absolute Gasteiger partial charge is 0.438 e. The standard InChI is InChI=1S/C15H15BrClNO/c1-10(2)13-7-11(9-17)8-15(18-13)19-14-6-4-3-5-12(14)16/h3-8,10H,9H2,1-2H3. The van der Waals surface area contributed by atoms with Crippen LogP contribution in [-0.2, 0) is 5.88 Å². The van der Waals surface area contributed by atoms with Gasteiger partial charge in [-0.25, -0.2) is 4.98 Å². The molecule has 0 saturated heterocycles. The van der Waals surface area contributed by atoms with Crippen LogP contribution < -0.4 is 4.74 Å². The van der Waals surface area contributed by atoms with E-state index in [0.29, 0.717) is 17.7 Å². The number of alkyl halides is 1. The minimum absolute atomic E-state index is 0.338. The van der Waals surface area contributed by atoms with Crippen LogP contribution in [0, 0.1) is 0 Å². The molecular weight excluding hydrogens is 326 g/mol. The molecule has 1 heterocycles. The average molecular weight is 341 g/mol. The van der Waals surface area contributed by atoms with Gasteiger partial charge in [-0.3, -0.25) is 0 Å². The monoisotopic (exact) mass is 339 g/mol. The summed E-state index contributed by atoms with van der Waals surface area (Å²) in [7, 11) is 0. The molecule has 0 aliphatic rings. The van der Waals surface area contributed by atoms with Gasteiger partial charge in [0.25, 0.3) is 0 Å². The smallest absolute Gasteiger partial charge is 0.219 e. The third-order valence-corrected chi connectivity index (χ3v) is 3.64. The van der Waals surface area contributed by atoms with E-state index >= 15 is 0 Å². The molecule has 0 radical (unpaired) electrons. The highest BCUT2D eigenvalue weighted by Crippen LogP contribution is 2.29. The fourth-order valence-electron chi connectivity index (χ4n) is 1.65. The Morgan fingerprint density at radius 1 is 1.26 bits per heavy atom.